The van der Waals surface area contributed by atoms with Crippen LogP contribution < -0.4 is 0 Å². The molecule has 0 saturated heterocycles. The van der Waals surface area contributed by atoms with Gasteiger partial charge < -0.3 is 14.2 Å². The molecule has 0 unspecified atom stereocenters. The third kappa shape index (κ3) is 3.79. The van der Waals surface area contributed by atoms with E-state index in [1.165, 1.54) is 13.8 Å². The van der Waals surface area contributed by atoms with E-state index in [0.717, 1.165) is 0 Å². The smallest absolute Gasteiger partial charge is 0.307 e. The highest BCUT2D eigenvalue weighted by molar-refractivity contribution is 6.20. The van der Waals surface area contributed by atoms with Gasteiger partial charge in [-0.3, -0.25) is 9.59 Å². The van der Waals surface area contributed by atoms with Gasteiger partial charge in [-0.15, -0.1) is 0 Å². The van der Waals surface area contributed by atoms with Crippen LogP contribution in [0.3, 0.4) is 0 Å². The number of hydrogen-bond donors (Lipinski definition) is 0. The Labute approximate surface area is 91.9 Å². The van der Waals surface area contributed by atoms with E-state index >= 15 is 0 Å². The molecule has 0 aliphatic carbocycles. The van der Waals surface area contributed by atoms with Crippen LogP contribution in [0, 0.1) is 0 Å². The van der Waals surface area contributed by atoms with Crippen molar-refractivity contribution in [2.45, 2.75) is 25.8 Å². The summed E-state index contributed by atoms with van der Waals surface area (Å²) in [5, 5.41) is 0. The minimum absolute atomic E-state index is 0.0683. The maximum Gasteiger partial charge on any atom is 0.307 e. The number of esters is 2. The second-order valence-electron chi connectivity index (χ2n) is 2.95. The molecule has 15 heavy (non-hydrogen) atoms. The van der Waals surface area contributed by atoms with Crippen molar-refractivity contribution in [2.75, 3.05) is 6.61 Å². The quantitative estimate of drug-likeness (QED) is 0.544. The lowest BCUT2D eigenvalue weighted by Crippen LogP contribution is -2.07. The van der Waals surface area contributed by atoms with Crippen LogP contribution in [-0.4, -0.2) is 24.1 Å². The highest BCUT2D eigenvalue weighted by atomic mass is 35.5. The maximum atomic E-state index is 10.7. The van der Waals surface area contributed by atoms with Gasteiger partial charge in [0.25, 0.3) is 0 Å². The van der Waals surface area contributed by atoms with E-state index < -0.39 is 17.5 Å². The van der Waals surface area contributed by atoms with E-state index in [-0.39, 0.29) is 13.0 Å². The van der Waals surface area contributed by atoms with Gasteiger partial charge in [0, 0.05) is 13.8 Å². The number of alkyl halides is 1. The van der Waals surface area contributed by atoms with Gasteiger partial charge in [0.2, 0.25) is 0 Å². The van der Waals surface area contributed by atoms with Crippen LogP contribution in [0.15, 0.2) is 11.5 Å². The molecule has 1 atom stereocenters. The van der Waals surface area contributed by atoms with Crippen molar-refractivity contribution in [2.24, 2.45) is 0 Å². The number of rotatable bonds is 3. The van der Waals surface area contributed by atoms with Crippen molar-refractivity contribution >= 4 is 23.5 Å². The first-order chi connectivity index (χ1) is 6.99. The predicted molar refractivity (Wildman–Crippen MR) is 50.8 cm³/mol. The van der Waals surface area contributed by atoms with Crippen molar-refractivity contribution in [3.8, 4) is 0 Å². The zero-order valence-electron chi connectivity index (χ0n) is 8.41. The first kappa shape index (κ1) is 11.8. The lowest BCUT2D eigenvalue weighted by atomic mass is 10.3. The summed E-state index contributed by atoms with van der Waals surface area (Å²) in [4.78, 5) is 21.3. The van der Waals surface area contributed by atoms with Crippen LogP contribution in [0.2, 0.25) is 0 Å². The Morgan fingerprint density at radius 1 is 1.47 bits per heavy atom. The first-order valence-corrected chi connectivity index (χ1v) is 4.77. The first-order valence-electron chi connectivity index (χ1n) is 4.33. The lowest BCUT2D eigenvalue weighted by molar-refractivity contribution is -0.140. The molecule has 0 aromatic heterocycles. The average molecular weight is 235 g/mol. The van der Waals surface area contributed by atoms with Gasteiger partial charge in [0.1, 0.15) is 0 Å². The van der Waals surface area contributed by atoms with Crippen molar-refractivity contribution in [3.05, 3.63) is 11.5 Å². The van der Waals surface area contributed by atoms with E-state index in [1.807, 2.05) is 0 Å². The van der Waals surface area contributed by atoms with E-state index in [2.05, 4.69) is 0 Å². The predicted octanol–water partition coefficient (Wildman–Crippen LogP) is 1.31. The van der Waals surface area contributed by atoms with E-state index in [9.17, 15) is 9.59 Å². The Balaban J connectivity index is 2.61. The van der Waals surface area contributed by atoms with E-state index in [0.29, 0.717) is 11.5 Å². The number of ether oxygens (including phenoxy) is 3. The molecule has 0 bridgehead atoms. The molecule has 0 aromatic rings. The van der Waals surface area contributed by atoms with Crippen LogP contribution in [0.25, 0.3) is 0 Å². The second-order valence-corrected chi connectivity index (χ2v) is 3.44. The van der Waals surface area contributed by atoms with Crippen LogP contribution in [0.4, 0.5) is 0 Å². The summed E-state index contributed by atoms with van der Waals surface area (Å²) in [5.41, 5.74) is -0.579. The fourth-order valence-electron chi connectivity index (χ4n) is 1.08. The number of halogens is 1. The Morgan fingerprint density at radius 3 is 2.67 bits per heavy atom. The molecule has 6 heteroatoms. The lowest BCUT2D eigenvalue weighted by Gasteiger charge is -2.06. The highest BCUT2D eigenvalue weighted by Gasteiger charge is 2.27. The summed E-state index contributed by atoms with van der Waals surface area (Å²) in [6.45, 7) is 2.48. The maximum absolute atomic E-state index is 10.7. The Hall–Kier alpha value is -1.23. The molecule has 0 fully saturated rings. The Bertz CT molecular complexity index is 310. The van der Waals surface area contributed by atoms with Gasteiger partial charge in [-0.2, -0.15) is 0 Å². The fourth-order valence-corrected chi connectivity index (χ4v) is 1.32. The Morgan fingerprint density at radius 2 is 2.13 bits per heavy atom. The van der Waals surface area contributed by atoms with Crippen LogP contribution in [0.1, 0.15) is 20.3 Å². The average Bonchev–Trinajstić information content (AvgIpc) is 2.41. The molecular weight excluding hydrogens is 224 g/mol. The molecule has 0 spiro atoms. The van der Waals surface area contributed by atoms with Gasteiger partial charge in [0.05, 0.1) is 6.42 Å². The standard InChI is InChI=1S/C9H11ClO5/c1-5(11)13-4-8-7(14-6(2)12)3-9(10)15-8/h9H,3-4H2,1-2H3/t9-/m1/s1. The molecule has 0 aromatic carbocycles. The SMILES string of the molecule is CC(=O)OCC1=C(OC(C)=O)C[C@H](Cl)O1. The topological polar surface area (TPSA) is 61.8 Å². The summed E-state index contributed by atoms with van der Waals surface area (Å²) in [7, 11) is 0. The van der Waals surface area contributed by atoms with E-state index in [1.54, 1.807) is 0 Å². The molecule has 1 aliphatic heterocycles. The molecular formula is C9H11ClO5. The third-order valence-corrected chi connectivity index (χ3v) is 1.84. The minimum atomic E-state index is -0.579. The van der Waals surface area contributed by atoms with Crippen molar-refractivity contribution in [1.82, 2.24) is 0 Å². The minimum Gasteiger partial charge on any atom is -0.471 e. The van der Waals surface area contributed by atoms with Crippen molar-refractivity contribution in [1.29, 1.82) is 0 Å². The zero-order chi connectivity index (χ0) is 11.4. The molecule has 1 aliphatic rings. The highest BCUT2D eigenvalue weighted by Crippen LogP contribution is 2.28. The Kier molecular flexibility index (Phi) is 3.96. The summed E-state index contributed by atoms with van der Waals surface area (Å²) < 4.78 is 14.7. The van der Waals surface area contributed by atoms with Crippen LogP contribution in [0.5, 0.6) is 0 Å². The number of carbonyl (C=O) groups is 2. The summed E-state index contributed by atoms with van der Waals surface area (Å²) in [5.74, 6) is -0.282. The van der Waals surface area contributed by atoms with Gasteiger partial charge in [0.15, 0.2) is 23.7 Å². The van der Waals surface area contributed by atoms with Crippen molar-refractivity contribution in [3.63, 3.8) is 0 Å². The normalized spacial score (nSPS) is 19.8. The zero-order valence-corrected chi connectivity index (χ0v) is 9.17. The largest absolute Gasteiger partial charge is 0.471 e. The molecule has 0 radical (unpaired) electrons. The number of carbonyl (C=O) groups excluding carboxylic acids is 2. The van der Waals surface area contributed by atoms with Gasteiger partial charge in [-0.1, -0.05) is 11.6 Å². The summed E-state index contributed by atoms with van der Waals surface area (Å²) in [6.07, 6.45) is 0.289. The summed E-state index contributed by atoms with van der Waals surface area (Å²) >= 11 is 5.70. The molecule has 1 heterocycles. The molecule has 0 N–H and O–H groups in total. The molecule has 1 rings (SSSR count). The van der Waals surface area contributed by atoms with Gasteiger partial charge >= 0.3 is 11.9 Å². The molecule has 0 amide bonds. The number of hydrogen-bond acceptors (Lipinski definition) is 5. The second kappa shape index (κ2) is 5.02. The van der Waals surface area contributed by atoms with Gasteiger partial charge in [-0.25, -0.2) is 0 Å². The molecule has 0 saturated carbocycles. The monoisotopic (exact) mass is 234 g/mol. The summed E-state index contributed by atoms with van der Waals surface area (Å²) in [6, 6.07) is 0. The third-order valence-electron chi connectivity index (χ3n) is 1.60. The molecule has 84 valence electrons. The van der Waals surface area contributed by atoms with E-state index in [4.69, 9.17) is 25.8 Å². The van der Waals surface area contributed by atoms with Crippen LogP contribution in [-0.2, 0) is 23.8 Å². The van der Waals surface area contributed by atoms with Gasteiger partial charge in [-0.05, 0) is 0 Å². The fraction of sp³-hybridized carbons (Fsp3) is 0.556. The van der Waals surface area contributed by atoms with Crippen LogP contribution >= 0.6 is 11.6 Å². The van der Waals surface area contributed by atoms with Crippen molar-refractivity contribution < 1.29 is 23.8 Å². The molecule has 5 nitrogen and oxygen atoms in total.